The summed E-state index contributed by atoms with van der Waals surface area (Å²) in [7, 11) is 0. The van der Waals surface area contributed by atoms with Gasteiger partial charge in [-0.2, -0.15) is 0 Å². The van der Waals surface area contributed by atoms with Crippen LogP contribution in [-0.4, -0.2) is 48.2 Å². The average molecular weight is 397 g/mol. The van der Waals surface area contributed by atoms with Gasteiger partial charge in [-0.3, -0.25) is 0 Å². The van der Waals surface area contributed by atoms with E-state index < -0.39 is 18.9 Å². The summed E-state index contributed by atoms with van der Waals surface area (Å²) in [5.41, 5.74) is 1.94. The van der Waals surface area contributed by atoms with Crippen LogP contribution >= 0.6 is 11.6 Å². The Hall–Kier alpha value is -1.82. The van der Waals surface area contributed by atoms with Crippen LogP contribution in [0.2, 0.25) is 0 Å². The third-order valence-electron chi connectivity index (χ3n) is 4.40. The molecule has 0 saturated carbocycles. The molecule has 2 atom stereocenters. The standard InChI is InChI=1S/C21H26ClFO4/c1-21(2,15-3-7-19(8-4-15)26-13-17(23)12-24)16-5-9-20(10-6-16)27-14-18(25)11-22/h3-10,17-18,24-25H,11-14H2,1-2H3. The summed E-state index contributed by atoms with van der Waals surface area (Å²) in [6.45, 7) is 3.66. The van der Waals surface area contributed by atoms with Gasteiger partial charge in [-0.1, -0.05) is 38.1 Å². The number of aliphatic hydroxyl groups is 2. The predicted octanol–water partition coefficient (Wildman–Crippen LogP) is 3.70. The monoisotopic (exact) mass is 396 g/mol. The van der Waals surface area contributed by atoms with Gasteiger partial charge in [0.05, 0.1) is 12.5 Å². The van der Waals surface area contributed by atoms with Gasteiger partial charge >= 0.3 is 0 Å². The highest BCUT2D eigenvalue weighted by atomic mass is 35.5. The second-order valence-electron chi connectivity index (χ2n) is 6.88. The number of halogens is 2. The summed E-state index contributed by atoms with van der Waals surface area (Å²) < 4.78 is 23.9. The van der Waals surface area contributed by atoms with E-state index in [-0.39, 0.29) is 24.5 Å². The first-order valence-corrected chi connectivity index (χ1v) is 9.36. The molecular weight excluding hydrogens is 371 g/mol. The SMILES string of the molecule is CC(C)(c1ccc(OCC(O)CCl)cc1)c1ccc(OCC(F)CO)cc1. The predicted molar refractivity (Wildman–Crippen MR) is 105 cm³/mol. The van der Waals surface area contributed by atoms with E-state index in [1.54, 1.807) is 12.1 Å². The van der Waals surface area contributed by atoms with Crippen molar-refractivity contribution < 1.29 is 24.1 Å². The number of benzene rings is 2. The molecule has 0 fully saturated rings. The zero-order valence-corrected chi connectivity index (χ0v) is 16.3. The van der Waals surface area contributed by atoms with Crippen molar-refractivity contribution >= 4 is 11.6 Å². The molecule has 0 aromatic heterocycles. The Bertz CT molecular complexity index is 629. The maximum absolute atomic E-state index is 13.1. The van der Waals surface area contributed by atoms with E-state index in [2.05, 4.69) is 13.8 Å². The van der Waals surface area contributed by atoms with Gasteiger partial charge in [0, 0.05) is 5.41 Å². The number of hydrogen-bond donors (Lipinski definition) is 2. The molecule has 0 aliphatic carbocycles. The van der Waals surface area contributed by atoms with Crippen molar-refractivity contribution in [3.63, 3.8) is 0 Å². The quantitative estimate of drug-likeness (QED) is 0.601. The molecule has 27 heavy (non-hydrogen) atoms. The van der Waals surface area contributed by atoms with E-state index >= 15 is 0 Å². The molecule has 2 aromatic rings. The second-order valence-corrected chi connectivity index (χ2v) is 7.19. The van der Waals surface area contributed by atoms with Gasteiger partial charge in [-0.15, -0.1) is 11.6 Å². The Morgan fingerprint density at radius 3 is 1.78 bits per heavy atom. The van der Waals surface area contributed by atoms with Crippen LogP contribution in [0.4, 0.5) is 4.39 Å². The zero-order valence-electron chi connectivity index (χ0n) is 15.6. The maximum Gasteiger partial charge on any atom is 0.157 e. The fraction of sp³-hybridized carbons (Fsp3) is 0.429. The molecule has 148 valence electrons. The molecule has 2 unspecified atom stereocenters. The third-order valence-corrected chi connectivity index (χ3v) is 4.76. The number of ether oxygens (including phenoxy) is 2. The van der Waals surface area contributed by atoms with E-state index in [4.69, 9.17) is 26.2 Å². The zero-order chi connectivity index (χ0) is 19.9. The fourth-order valence-electron chi connectivity index (χ4n) is 2.58. The van der Waals surface area contributed by atoms with Crippen LogP contribution in [0.25, 0.3) is 0 Å². The first-order chi connectivity index (χ1) is 12.9. The molecular formula is C21H26ClFO4. The van der Waals surface area contributed by atoms with Crippen molar-refractivity contribution in [1.82, 2.24) is 0 Å². The molecule has 0 radical (unpaired) electrons. The number of rotatable bonds is 10. The first-order valence-electron chi connectivity index (χ1n) is 8.82. The Kier molecular flexibility index (Phi) is 7.90. The highest BCUT2D eigenvalue weighted by Gasteiger charge is 2.23. The highest BCUT2D eigenvalue weighted by Crippen LogP contribution is 2.33. The van der Waals surface area contributed by atoms with Crippen LogP contribution in [0.5, 0.6) is 11.5 Å². The number of hydrogen-bond acceptors (Lipinski definition) is 4. The van der Waals surface area contributed by atoms with Crippen molar-refractivity contribution in [2.75, 3.05) is 25.7 Å². The number of alkyl halides is 2. The summed E-state index contributed by atoms with van der Waals surface area (Å²) in [6, 6.07) is 15.2. The van der Waals surface area contributed by atoms with Crippen molar-refractivity contribution in [3.05, 3.63) is 59.7 Å². The largest absolute Gasteiger partial charge is 0.491 e. The minimum Gasteiger partial charge on any atom is -0.491 e. The second kappa shape index (κ2) is 9.93. The Labute approximate surface area is 164 Å². The Balaban J connectivity index is 2.04. The summed E-state index contributed by atoms with van der Waals surface area (Å²) in [5.74, 6) is 1.37. The normalized spacial score (nSPS) is 13.9. The lowest BCUT2D eigenvalue weighted by atomic mass is 9.78. The smallest absolute Gasteiger partial charge is 0.157 e. The van der Waals surface area contributed by atoms with Crippen molar-refractivity contribution in [3.8, 4) is 11.5 Å². The van der Waals surface area contributed by atoms with E-state index in [0.29, 0.717) is 11.5 Å². The molecule has 0 aliphatic rings. The minimum absolute atomic E-state index is 0.136. The third kappa shape index (κ3) is 6.09. The van der Waals surface area contributed by atoms with Crippen LogP contribution < -0.4 is 9.47 Å². The summed E-state index contributed by atoms with van der Waals surface area (Å²) in [5, 5.41) is 18.2. The van der Waals surface area contributed by atoms with Crippen LogP contribution in [0.3, 0.4) is 0 Å². The van der Waals surface area contributed by atoms with Gasteiger partial charge in [0.1, 0.15) is 30.8 Å². The molecule has 0 saturated heterocycles. The molecule has 0 bridgehead atoms. The van der Waals surface area contributed by atoms with Gasteiger partial charge in [-0.25, -0.2) is 4.39 Å². The van der Waals surface area contributed by atoms with Crippen LogP contribution in [-0.2, 0) is 5.41 Å². The van der Waals surface area contributed by atoms with Gasteiger partial charge in [-0.05, 0) is 35.4 Å². The summed E-state index contributed by atoms with van der Waals surface area (Å²) in [6.07, 6.45) is -2.07. The Morgan fingerprint density at radius 1 is 0.926 bits per heavy atom. The number of aliphatic hydroxyl groups excluding tert-OH is 2. The molecule has 2 N–H and O–H groups in total. The van der Waals surface area contributed by atoms with Crippen LogP contribution in [0.1, 0.15) is 25.0 Å². The fourth-order valence-corrected chi connectivity index (χ4v) is 2.67. The van der Waals surface area contributed by atoms with Gasteiger partial charge < -0.3 is 19.7 Å². The van der Waals surface area contributed by atoms with Crippen molar-refractivity contribution in [1.29, 1.82) is 0 Å². The highest BCUT2D eigenvalue weighted by molar-refractivity contribution is 6.18. The molecule has 0 aliphatic heterocycles. The molecule has 2 rings (SSSR count). The van der Waals surface area contributed by atoms with Gasteiger partial charge in [0.25, 0.3) is 0 Å². The Morgan fingerprint density at radius 2 is 1.37 bits per heavy atom. The molecule has 0 amide bonds. The van der Waals surface area contributed by atoms with Crippen molar-refractivity contribution in [2.45, 2.75) is 31.5 Å². The van der Waals surface area contributed by atoms with Crippen LogP contribution in [0.15, 0.2) is 48.5 Å². The molecule has 0 heterocycles. The lowest BCUT2D eigenvalue weighted by Crippen LogP contribution is -2.20. The van der Waals surface area contributed by atoms with Gasteiger partial charge in [0.2, 0.25) is 0 Å². The summed E-state index contributed by atoms with van der Waals surface area (Å²) in [4.78, 5) is 0. The van der Waals surface area contributed by atoms with E-state index in [9.17, 15) is 9.50 Å². The van der Waals surface area contributed by atoms with Crippen LogP contribution in [0, 0.1) is 0 Å². The van der Waals surface area contributed by atoms with E-state index in [0.717, 1.165) is 11.1 Å². The molecule has 6 heteroatoms. The lowest BCUT2D eigenvalue weighted by molar-refractivity contribution is 0.123. The van der Waals surface area contributed by atoms with Gasteiger partial charge in [0.15, 0.2) is 6.17 Å². The summed E-state index contributed by atoms with van der Waals surface area (Å²) >= 11 is 5.56. The first kappa shape index (κ1) is 21.5. The van der Waals surface area contributed by atoms with E-state index in [1.807, 2.05) is 36.4 Å². The average Bonchev–Trinajstić information content (AvgIpc) is 2.70. The van der Waals surface area contributed by atoms with E-state index in [1.165, 1.54) is 0 Å². The minimum atomic E-state index is -1.38. The molecule has 2 aromatic carbocycles. The molecule has 0 spiro atoms. The molecule has 4 nitrogen and oxygen atoms in total. The van der Waals surface area contributed by atoms with Crippen molar-refractivity contribution in [2.24, 2.45) is 0 Å². The lowest BCUT2D eigenvalue weighted by Gasteiger charge is -2.26. The maximum atomic E-state index is 13.1. The topological polar surface area (TPSA) is 58.9 Å².